The van der Waals surface area contributed by atoms with Crippen molar-refractivity contribution < 1.29 is 18.7 Å². The van der Waals surface area contributed by atoms with Crippen LogP contribution in [-0.4, -0.2) is 30.6 Å². The number of carbonyl (C=O) groups excluding carboxylic acids is 1. The van der Waals surface area contributed by atoms with Gasteiger partial charge in [-0.2, -0.15) is 0 Å². The average Bonchev–Trinajstić information content (AvgIpc) is 3.23. The molecule has 0 fully saturated rings. The first-order valence-electron chi connectivity index (χ1n) is 13.8. The number of unbranched alkanes of at least 4 members (excludes halogenated alkanes) is 2. The molecule has 0 N–H and O–H groups in total. The van der Waals surface area contributed by atoms with Crippen LogP contribution in [0.1, 0.15) is 72.0 Å². The normalized spacial score (nSPS) is 14.6. The zero-order chi connectivity index (χ0) is 27.4. The lowest BCUT2D eigenvalue weighted by molar-refractivity contribution is 0.0729. The maximum absolute atomic E-state index is 13.9. The molecule has 1 aliphatic heterocycles. The summed E-state index contributed by atoms with van der Waals surface area (Å²) in [5.74, 6) is 1.12. The van der Waals surface area contributed by atoms with Crippen molar-refractivity contribution >= 4 is 16.9 Å². The molecule has 6 heteroatoms. The number of fused-ring (bicyclic) bond motifs is 2. The molecule has 2 heterocycles. The van der Waals surface area contributed by atoms with E-state index in [2.05, 4.69) is 6.92 Å². The first-order valence-corrected chi connectivity index (χ1v) is 13.8. The van der Waals surface area contributed by atoms with Gasteiger partial charge in [-0.3, -0.25) is 9.59 Å². The van der Waals surface area contributed by atoms with Crippen LogP contribution in [0.4, 0.5) is 0 Å². The summed E-state index contributed by atoms with van der Waals surface area (Å²) < 4.78 is 18.1. The van der Waals surface area contributed by atoms with Gasteiger partial charge in [0, 0.05) is 6.54 Å². The summed E-state index contributed by atoms with van der Waals surface area (Å²) >= 11 is 0. The Morgan fingerprint density at radius 1 is 0.897 bits per heavy atom. The van der Waals surface area contributed by atoms with Gasteiger partial charge in [0.25, 0.3) is 5.91 Å². The van der Waals surface area contributed by atoms with E-state index >= 15 is 0 Å². The van der Waals surface area contributed by atoms with Crippen molar-refractivity contribution in [3.8, 4) is 11.5 Å². The van der Waals surface area contributed by atoms with E-state index in [4.69, 9.17) is 13.9 Å². The third-order valence-electron chi connectivity index (χ3n) is 7.19. The number of amides is 1. The highest BCUT2D eigenvalue weighted by Gasteiger charge is 2.42. The van der Waals surface area contributed by atoms with Crippen molar-refractivity contribution in [2.24, 2.45) is 0 Å². The molecule has 39 heavy (non-hydrogen) atoms. The molecule has 1 aromatic heterocycles. The van der Waals surface area contributed by atoms with Crippen LogP contribution in [0.25, 0.3) is 11.0 Å². The standard InChI is InChI=1S/C33H35NO5/c1-4-6-10-19-38-27-16-14-24(21-28(27)37-5-2)30-29-31(35)25-20-22(3)13-15-26(25)39-32(29)33(36)34(30)18-17-23-11-8-7-9-12-23/h7-9,11-16,20-21,30H,4-6,10,17-19H2,1-3H3. The second-order valence-corrected chi connectivity index (χ2v) is 10.0. The van der Waals surface area contributed by atoms with Crippen LogP contribution in [0, 0.1) is 6.92 Å². The number of hydrogen-bond donors (Lipinski definition) is 0. The van der Waals surface area contributed by atoms with E-state index in [0.29, 0.717) is 54.2 Å². The molecule has 1 amide bonds. The predicted octanol–water partition coefficient (Wildman–Crippen LogP) is 6.86. The van der Waals surface area contributed by atoms with E-state index in [9.17, 15) is 9.59 Å². The van der Waals surface area contributed by atoms with Crippen LogP contribution in [-0.2, 0) is 6.42 Å². The lowest BCUT2D eigenvalue weighted by Crippen LogP contribution is -2.31. The van der Waals surface area contributed by atoms with Crippen LogP contribution in [0.15, 0.2) is 75.9 Å². The molecule has 0 spiro atoms. The van der Waals surface area contributed by atoms with Gasteiger partial charge in [-0.1, -0.05) is 67.8 Å². The van der Waals surface area contributed by atoms with Crippen molar-refractivity contribution in [2.75, 3.05) is 19.8 Å². The minimum Gasteiger partial charge on any atom is -0.490 e. The van der Waals surface area contributed by atoms with Gasteiger partial charge in [-0.05, 0) is 62.1 Å². The molecule has 0 saturated heterocycles. The molecular weight excluding hydrogens is 490 g/mol. The molecule has 0 saturated carbocycles. The van der Waals surface area contributed by atoms with E-state index < -0.39 is 6.04 Å². The number of ether oxygens (including phenoxy) is 2. The molecule has 0 aliphatic carbocycles. The summed E-state index contributed by atoms with van der Waals surface area (Å²) in [6.45, 7) is 7.54. The largest absolute Gasteiger partial charge is 0.490 e. The summed E-state index contributed by atoms with van der Waals surface area (Å²) in [7, 11) is 0. The van der Waals surface area contributed by atoms with Gasteiger partial charge < -0.3 is 18.8 Å². The van der Waals surface area contributed by atoms with Crippen LogP contribution in [0.2, 0.25) is 0 Å². The van der Waals surface area contributed by atoms with E-state index in [1.54, 1.807) is 11.0 Å². The number of nitrogens with zero attached hydrogens (tertiary/aromatic N) is 1. The Kier molecular flexibility index (Phi) is 8.01. The number of rotatable bonds is 11. The molecule has 202 valence electrons. The van der Waals surface area contributed by atoms with E-state index in [-0.39, 0.29) is 17.1 Å². The SMILES string of the molecule is CCCCCOc1ccc(C2c3c(oc4ccc(C)cc4c3=O)C(=O)N2CCc2ccccc2)cc1OCC. The average molecular weight is 526 g/mol. The second kappa shape index (κ2) is 11.8. The number of aryl methyl sites for hydroxylation is 1. The maximum atomic E-state index is 13.9. The van der Waals surface area contributed by atoms with Gasteiger partial charge in [0.1, 0.15) is 5.58 Å². The van der Waals surface area contributed by atoms with Crippen molar-refractivity contribution in [1.82, 2.24) is 4.90 Å². The predicted molar refractivity (Wildman–Crippen MR) is 153 cm³/mol. The third-order valence-corrected chi connectivity index (χ3v) is 7.19. The van der Waals surface area contributed by atoms with Gasteiger partial charge in [-0.25, -0.2) is 0 Å². The highest BCUT2D eigenvalue weighted by Crippen LogP contribution is 2.41. The van der Waals surface area contributed by atoms with Crippen LogP contribution >= 0.6 is 0 Å². The fourth-order valence-electron chi connectivity index (χ4n) is 5.22. The highest BCUT2D eigenvalue weighted by atomic mass is 16.5. The number of carbonyl (C=O) groups is 1. The summed E-state index contributed by atoms with van der Waals surface area (Å²) in [5, 5.41) is 0.484. The van der Waals surface area contributed by atoms with E-state index in [1.165, 1.54) is 0 Å². The highest BCUT2D eigenvalue weighted by molar-refractivity contribution is 5.99. The molecule has 0 bridgehead atoms. The van der Waals surface area contributed by atoms with Crippen LogP contribution in [0.5, 0.6) is 11.5 Å². The summed E-state index contributed by atoms with van der Waals surface area (Å²) in [5.41, 5.74) is 3.50. The van der Waals surface area contributed by atoms with E-state index in [1.807, 2.05) is 74.5 Å². The van der Waals surface area contributed by atoms with Crippen molar-refractivity contribution in [3.05, 3.63) is 105 Å². The Labute approximate surface area is 229 Å². The zero-order valence-corrected chi connectivity index (χ0v) is 22.9. The van der Waals surface area contributed by atoms with Crippen LogP contribution < -0.4 is 14.9 Å². The monoisotopic (exact) mass is 525 g/mol. The molecule has 5 rings (SSSR count). The Bertz CT molecular complexity index is 1520. The van der Waals surface area contributed by atoms with Crippen LogP contribution in [0.3, 0.4) is 0 Å². The Balaban J connectivity index is 1.59. The van der Waals surface area contributed by atoms with Gasteiger partial charge in [0.2, 0.25) is 5.76 Å². The summed E-state index contributed by atoms with van der Waals surface area (Å²) in [6, 6.07) is 20.6. The fraction of sp³-hybridized carbons (Fsp3) is 0.333. The minimum atomic E-state index is -0.592. The number of benzene rings is 3. The van der Waals surface area contributed by atoms with Crippen molar-refractivity contribution in [1.29, 1.82) is 0 Å². The lowest BCUT2D eigenvalue weighted by atomic mass is 9.97. The summed E-state index contributed by atoms with van der Waals surface area (Å²) in [6.07, 6.45) is 3.84. The molecule has 1 aliphatic rings. The Morgan fingerprint density at radius 2 is 1.72 bits per heavy atom. The topological polar surface area (TPSA) is 69.0 Å². The molecular formula is C33H35NO5. The van der Waals surface area contributed by atoms with Crippen molar-refractivity contribution in [3.63, 3.8) is 0 Å². The smallest absolute Gasteiger partial charge is 0.290 e. The Hall–Kier alpha value is -4.06. The Morgan fingerprint density at radius 3 is 2.49 bits per heavy atom. The zero-order valence-electron chi connectivity index (χ0n) is 22.9. The quantitative estimate of drug-likeness (QED) is 0.200. The van der Waals surface area contributed by atoms with Gasteiger partial charge in [-0.15, -0.1) is 0 Å². The molecule has 3 aromatic carbocycles. The van der Waals surface area contributed by atoms with Gasteiger partial charge in [0.05, 0.1) is 30.2 Å². The van der Waals surface area contributed by atoms with Gasteiger partial charge in [0.15, 0.2) is 16.9 Å². The third kappa shape index (κ3) is 5.42. The first-order chi connectivity index (χ1) is 19.0. The molecule has 1 atom stereocenters. The van der Waals surface area contributed by atoms with E-state index in [0.717, 1.165) is 36.0 Å². The number of hydrogen-bond acceptors (Lipinski definition) is 5. The molecule has 6 nitrogen and oxygen atoms in total. The molecule has 4 aromatic rings. The first kappa shape index (κ1) is 26.5. The fourth-order valence-corrected chi connectivity index (χ4v) is 5.22. The second-order valence-electron chi connectivity index (χ2n) is 10.0. The van der Waals surface area contributed by atoms with Crippen molar-refractivity contribution in [2.45, 2.75) is 52.5 Å². The lowest BCUT2D eigenvalue weighted by Gasteiger charge is -2.26. The van der Waals surface area contributed by atoms with Gasteiger partial charge >= 0.3 is 0 Å². The molecule has 0 radical (unpaired) electrons. The minimum absolute atomic E-state index is 0.118. The molecule has 1 unspecified atom stereocenters. The maximum Gasteiger partial charge on any atom is 0.290 e. The summed E-state index contributed by atoms with van der Waals surface area (Å²) in [4.78, 5) is 29.4.